The first-order chi connectivity index (χ1) is 19.0. The molecule has 0 radical (unpaired) electrons. The van der Waals surface area contributed by atoms with Gasteiger partial charge >= 0.3 is 0 Å². The van der Waals surface area contributed by atoms with Gasteiger partial charge in [-0.05, 0) is 73.6 Å². The zero-order chi connectivity index (χ0) is 27.0. The molecule has 0 bridgehead atoms. The molecular formula is C28H31N8O3+. The summed E-state index contributed by atoms with van der Waals surface area (Å²) >= 11 is 0. The quantitative estimate of drug-likeness (QED) is 0.288. The summed E-state index contributed by atoms with van der Waals surface area (Å²) in [4.78, 5) is 45.8. The van der Waals surface area contributed by atoms with E-state index in [0.717, 1.165) is 30.6 Å². The van der Waals surface area contributed by atoms with E-state index in [9.17, 15) is 9.59 Å². The molecule has 11 nitrogen and oxygen atoms in total. The first kappa shape index (κ1) is 25.1. The summed E-state index contributed by atoms with van der Waals surface area (Å²) in [6, 6.07) is 11.2. The number of aliphatic imine (C=N–C) groups is 2. The predicted molar refractivity (Wildman–Crippen MR) is 146 cm³/mol. The number of anilines is 1. The average Bonchev–Trinajstić information content (AvgIpc) is 3.76. The predicted octanol–water partition coefficient (Wildman–Crippen LogP) is 2.78. The van der Waals surface area contributed by atoms with Gasteiger partial charge in [-0.25, -0.2) is 10.5 Å². The van der Waals surface area contributed by atoms with Crippen molar-refractivity contribution in [3.8, 4) is 0 Å². The number of aromatic nitrogens is 1. The molecule has 1 saturated carbocycles. The molecule has 6 rings (SSSR count). The Morgan fingerprint density at radius 2 is 1.97 bits per heavy atom. The van der Waals surface area contributed by atoms with Gasteiger partial charge in [0.2, 0.25) is 17.4 Å². The van der Waals surface area contributed by atoms with Gasteiger partial charge in [0.05, 0.1) is 31.0 Å². The zero-order valence-electron chi connectivity index (χ0n) is 21.7. The van der Waals surface area contributed by atoms with Gasteiger partial charge in [-0.15, -0.1) is 4.59 Å². The van der Waals surface area contributed by atoms with Crippen LogP contribution >= 0.6 is 0 Å². The number of quaternary nitrogens is 1. The maximum atomic E-state index is 12.9. The van der Waals surface area contributed by atoms with Crippen molar-refractivity contribution in [2.45, 2.75) is 31.6 Å². The standard InChI is InChI=1S/C28H30N8O3/c1-39-34-28(38)22-3-2-13-35(17-22)25-23-16-30-12-14-36(23,29)26(33-25)19-6-8-20(9-7-19)27(37)32-24-15-21(10-11-31-24)18-4-5-18/h6-12,14-16,18,22H,2-5,13,17,29H2,1H3,(H-,31,32,34,37,38)/p+1. The number of pyridine rings is 1. The van der Waals surface area contributed by atoms with Crippen molar-refractivity contribution in [1.82, 2.24) is 15.4 Å². The van der Waals surface area contributed by atoms with Crippen molar-refractivity contribution in [3.05, 3.63) is 83.2 Å². The lowest BCUT2D eigenvalue weighted by atomic mass is 9.97. The van der Waals surface area contributed by atoms with E-state index in [2.05, 4.69) is 25.7 Å². The third-order valence-electron chi connectivity index (χ3n) is 7.55. The lowest BCUT2D eigenvalue weighted by molar-refractivity contribution is -0.750. The number of benzene rings is 1. The fourth-order valence-corrected chi connectivity index (χ4v) is 5.30. The molecule has 200 valence electrons. The number of hydrogen-bond acceptors (Lipinski definition) is 8. The van der Waals surface area contributed by atoms with Crippen molar-refractivity contribution in [1.29, 1.82) is 0 Å². The Balaban J connectivity index is 1.23. The van der Waals surface area contributed by atoms with E-state index < -0.39 is 0 Å². The minimum Gasteiger partial charge on any atom is -0.351 e. The first-order valence-corrected chi connectivity index (χ1v) is 13.1. The monoisotopic (exact) mass is 527 g/mol. The molecule has 2 unspecified atom stereocenters. The van der Waals surface area contributed by atoms with E-state index in [4.69, 9.17) is 15.7 Å². The highest BCUT2D eigenvalue weighted by molar-refractivity contribution is 6.05. The number of carbonyl (C=O) groups excluding carboxylic acids is 2. The third-order valence-corrected chi connectivity index (χ3v) is 7.55. The van der Waals surface area contributed by atoms with E-state index in [1.165, 1.54) is 25.5 Å². The number of likely N-dealkylation sites (tertiary alicyclic amines) is 1. The molecular weight excluding hydrogens is 496 g/mol. The highest BCUT2D eigenvalue weighted by Crippen LogP contribution is 2.40. The lowest BCUT2D eigenvalue weighted by Gasteiger charge is -2.33. The van der Waals surface area contributed by atoms with Gasteiger partial charge in [-0.1, -0.05) is 0 Å². The van der Waals surface area contributed by atoms with Crippen LogP contribution in [0.25, 0.3) is 0 Å². The summed E-state index contributed by atoms with van der Waals surface area (Å²) in [5.74, 6) is 8.71. The number of rotatable bonds is 7. The average molecular weight is 528 g/mol. The number of nitrogens with two attached hydrogens (primary N) is 1. The van der Waals surface area contributed by atoms with Crippen LogP contribution in [0.15, 0.2) is 76.5 Å². The maximum Gasteiger partial charge on any atom is 0.266 e. The molecule has 1 saturated heterocycles. The Morgan fingerprint density at radius 3 is 2.74 bits per heavy atom. The molecule has 4 heterocycles. The molecule has 4 N–H and O–H groups in total. The van der Waals surface area contributed by atoms with E-state index in [1.54, 1.807) is 36.9 Å². The zero-order valence-corrected chi connectivity index (χ0v) is 21.7. The molecule has 1 aromatic carbocycles. The van der Waals surface area contributed by atoms with Crippen LogP contribution in [0.2, 0.25) is 0 Å². The maximum absolute atomic E-state index is 12.9. The van der Waals surface area contributed by atoms with Crippen molar-refractivity contribution in [2.75, 3.05) is 25.5 Å². The van der Waals surface area contributed by atoms with Crippen molar-refractivity contribution >= 4 is 29.7 Å². The number of allylic oxidation sites excluding steroid dienone is 1. The molecule has 1 aliphatic carbocycles. The molecule has 11 heteroatoms. The van der Waals surface area contributed by atoms with Gasteiger partial charge in [-0.2, -0.15) is 10.8 Å². The highest BCUT2D eigenvalue weighted by atomic mass is 16.6. The number of hydroxylamine groups is 1. The van der Waals surface area contributed by atoms with E-state index in [0.29, 0.717) is 35.5 Å². The van der Waals surface area contributed by atoms with Crippen molar-refractivity contribution in [2.24, 2.45) is 21.7 Å². The minimum atomic E-state index is -0.231. The molecule has 0 spiro atoms. The number of nitrogens with one attached hydrogen (secondary N) is 2. The summed E-state index contributed by atoms with van der Waals surface area (Å²) < 4.78 is -0.145. The summed E-state index contributed by atoms with van der Waals surface area (Å²) in [6.07, 6.45) is 10.9. The van der Waals surface area contributed by atoms with Crippen molar-refractivity contribution < 1.29 is 19.0 Å². The molecule has 4 aliphatic rings. The van der Waals surface area contributed by atoms with Crippen LogP contribution in [0.5, 0.6) is 0 Å². The summed E-state index contributed by atoms with van der Waals surface area (Å²) in [6.45, 7) is 1.25. The summed E-state index contributed by atoms with van der Waals surface area (Å²) in [5.41, 5.74) is 5.67. The number of piperidine rings is 1. The second kappa shape index (κ2) is 10.2. The molecule has 3 aliphatic heterocycles. The van der Waals surface area contributed by atoms with Gasteiger partial charge in [0.1, 0.15) is 12.0 Å². The Bertz CT molecular complexity index is 1430. The number of nitrogens with zero attached hydrogens (tertiary/aromatic N) is 5. The number of amidine groups is 1. The molecule has 2 atom stereocenters. The van der Waals surface area contributed by atoms with Crippen LogP contribution in [0.1, 0.15) is 53.1 Å². The summed E-state index contributed by atoms with van der Waals surface area (Å²) in [7, 11) is 1.43. The largest absolute Gasteiger partial charge is 0.351 e. The second-order valence-corrected chi connectivity index (χ2v) is 10.2. The smallest absolute Gasteiger partial charge is 0.266 e. The van der Waals surface area contributed by atoms with Gasteiger partial charge in [0, 0.05) is 24.8 Å². The molecule has 2 fully saturated rings. The molecule has 2 aromatic rings. The van der Waals surface area contributed by atoms with Crippen molar-refractivity contribution in [3.63, 3.8) is 0 Å². The van der Waals surface area contributed by atoms with Crippen LogP contribution < -0.4 is 16.6 Å². The topological polar surface area (TPSA) is 134 Å². The first-order valence-electron chi connectivity index (χ1n) is 13.1. The highest BCUT2D eigenvalue weighted by Gasteiger charge is 2.46. The van der Waals surface area contributed by atoms with E-state index in [-0.39, 0.29) is 22.3 Å². The summed E-state index contributed by atoms with van der Waals surface area (Å²) in [5, 5.41) is 2.90. The minimum absolute atomic E-state index is 0.145. The Kier molecular flexibility index (Phi) is 6.55. The SMILES string of the molecule is CONC(=O)C1CCCN(C2=C3C=NC=C[N+]3(N)C(c3ccc(C(=O)Nc4cc(C5CC5)ccn4)cc3)=N2)C1. The van der Waals surface area contributed by atoms with Gasteiger partial charge in [0.15, 0.2) is 0 Å². The molecule has 39 heavy (non-hydrogen) atoms. The lowest BCUT2D eigenvalue weighted by Crippen LogP contribution is -2.53. The number of amides is 2. The number of carbonyl (C=O) groups is 2. The fraction of sp³-hybridized carbons (Fsp3) is 0.321. The molecule has 2 amide bonds. The van der Waals surface area contributed by atoms with Gasteiger partial charge in [0.25, 0.3) is 11.7 Å². The Morgan fingerprint density at radius 1 is 1.15 bits per heavy atom. The van der Waals surface area contributed by atoms with E-state index in [1.807, 2.05) is 24.3 Å². The van der Waals surface area contributed by atoms with Crippen LogP contribution in [0, 0.1) is 5.92 Å². The second-order valence-electron chi connectivity index (χ2n) is 10.2. The normalized spacial score (nSPS) is 23.9. The van der Waals surface area contributed by atoms with Crippen LogP contribution in [-0.2, 0) is 9.63 Å². The number of hydrogen-bond donors (Lipinski definition) is 3. The van der Waals surface area contributed by atoms with Gasteiger partial charge in [-0.3, -0.25) is 19.4 Å². The van der Waals surface area contributed by atoms with Crippen LogP contribution in [0.3, 0.4) is 0 Å². The number of fused-ring (bicyclic) bond motifs is 1. The third kappa shape index (κ3) is 4.87. The fourth-order valence-electron chi connectivity index (χ4n) is 5.30. The van der Waals surface area contributed by atoms with E-state index >= 15 is 0 Å². The molecule has 1 aromatic heterocycles. The Hall–Kier alpha value is -4.19. The van der Waals surface area contributed by atoms with Crippen LogP contribution in [-0.4, -0.2) is 58.5 Å². The Labute approximate surface area is 226 Å². The van der Waals surface area contributed by atoms with Gasteiger partial charge < -0.3 is 10.2 Å². The van der Waals surface area contributed by atoms with Crippen LogP contribution in [0.4, 0.5) is 5.82 Å².